The SMILES string of the molecule is CN1CCC(CNC(=O)c2cccc(N)c2Br)CC1. The molecule has 5 heteroatoms. The lowest BCUT2D eigenvalue weighted by Crippen LogP contribution is -2.37. The van der Waals surface area contributed by atoms with Gasteiger partial charge in [-0.1, -0.05) is 6.07 Å². The molecule has 3 N–H and O–H groups in total. The highest BCUT2D eigenvalue weighted by Gasteiger charge is 2.18. The number of hydrogen-bond acceptors (Lipinski definition) is 3. The number of nitrogens with two attached hydrogens (primary N) is 1. The summed E-state index contributed by atoms with van der Waals surface area (Å²) in [5.41, 5.74) is 6.97. The Morgan fingerprint density at radius 2 is 2.16 bits per heavy atom. The summed E-state index contributed by atoms with van der Waals surface area (Å²) < 4.78 is 0.677. The van der Waals surface area contributed by atoms with Crippen molar-refractivity contribution in [3.05, 3.63) is 28.2 Å². The van der Waals surface area contributed by atoms with Gasteiger partial charge in [0.25, 0.3) is 5.91 Å². The monoisotopic (exact) mass is 325 g/mol. The fourth-order valence-corrected chi connectivity index (χ4v) is 2.77. The number of halogens is 1. The summed E-state index contributed by atoms with van der Waals surface area (Å²) in [5.74, 6) is 0.526. The predicted octanol–water partition coefficient (Wildman–Crippen LogP) is 2.10. The van der Waals surface area contributed by atoms with Crippen molar-refractivity contribution in [1.82, 2.24) is 10.2 Å². The average Bonchev–Trinajstić information content (AvgIpc) is 2.41. The maximum absolute atomic E-state index is 12.1. The van der Waals surface area contributed by atoms with Crippen molar-refractivity contribution in [2.24, 2.45) is 5.92 Å². The minimum Gasteiger partial charge on any atom is -0.398 e. The summed E-state index contributed by atoms with van der Waals surface area (Å²) in [6.45, 7) is 2.97. The first kappa shape index (κ1) is 14.3. The fraction of sp³-hybridized carbons (Fsp3) is 0.500. The summed E-state index contributed by atoms with van der Waals surface area (Å²) in [6, 6.07) is 5.35. The molecule has 1 aliphatic heterocycles. The predicted molar refractivity (Wildman–Crippen MR) is 81.1 cm³/mol. The van der Waals surface area contributed by atoms with Gasteiger partial charge in [-0.2, -0.15) is 0 Å². The van der Waals surface area contributed by atoms with E-state index in [1.165, 1.54) is 0 Å². The van der Waals surface area contributed by atoms with Crippen LogP contribution in [0.4, 0.5) is 5.69 Å². The van der Waals surface area contributed by atoms with Crippen LogP contribution in [0, 0.1) is 5.92 Å². The van der Waals surface area contributed by atoms with Crippen molar-refractivity contribution in [1.29, 1.82) is 0 Å². The summed E-state index contributed by atoms with van der Waals surface area (Å²) in [4.78, 5) is 14.4. The maximum atomic E-state index is 12.1. The molecule has 2 rings (SSSR count). The van der Waals surface area contributed by atoms with E-state index in [-0.39, 0.29) is 5.91 Å². The van der Waals surface area contributed by atoms with Gasteiger partial charge in [0.2, 0.25) is 0 Å². The highest BCUT2D eigenvalue weighted by atomic mass is 79.9. The molecule has 0 aromatic heterocycles. The van der Waals surface area contributed by atoms with Crippen LogP contribution >= 0.6 is 15.9 Å². The van der Waals surface area contributed by atoms with Gasteiger partial charge in [-0.15, -0.1) is 0 Å². The first-order chi connectivity index (χ1) is 9.08. The zero-order valence-electron chi connectivity index (χ0n) is 11.2. The van der Waals surface area contributed by atoms with Crippen LogP contribution in [0.5, 0.6) is 0 Å². The van der Waals surface area contributed by atoms with Gasteiger partial charge in [0.05, 0.1) is 10.0 Å². The van der Waals surface area contributed by atoms with Crippen molar-refractivity contribution in [2.75, 3.05) is 32.4 Å². The van der Waals surface area contributed by atoms with Crippen LogP contribution in [-0.4, -0.2) is 37.5 Å². The van der Waals surface area contributed by atoms with E-state index in [0.29, 0.717) is 21.6 Å². The number of likely N-dealkylation sites (tertiary alicyclic amines) is 1. The molecule has 0 unspecified atom stereocenters. The molecule has 0 bridgehead atoms. The Morgan fingerprint density at radius 1 is 1.47 bits per heavy atom. The van der Waals surface area contributed by atoms with Crippen molar-refractivity contribution in [3.63, 3.8) is 0 Å². The lowest BCUT2D eigenvalue weighted by Gasteiger charge is -2.29. The highest BCUT2D eigenvalue weighted by molar-refractivity contribution is 9.10. The molecule has 1 aromatic rings. The van der Waals surface area contributed by atoms with Crippen molar-refractivity contribution in [3.8, 4) is 0 Å². The molecule has 1 saturated heterocycles. The first-order valence-electron chi connectivity index (χ1n) is 6.58. The van der Waals surface area contributed by atoms with E-state index in [1.807, 2.05) is 0 Å². The second-order valence-corrected chi connectivity index (χ2v) is 5.96. The van der Waals surface area contributed by atoms with Crippen molar-refractivity contribution in [2.45, 2.75) is 12.8 Å². The molecule has 1 heterocycles. The number of amides is 1. The van der Waals surface area contributed by atoms with E-state index in [9.17, 15) is 4.79 Å². The van der Waals surface area contributed by atoms with Crippen LogP contribution in [0.15, 0.2) is 22.7 Å². The normalized spacial score (nSPS) is 17.4. The van der Waals surface area contributed by atoms with Crippen LogP contribution in [0.3, 0.4) is 0 Å². The molecule has 0 saturated carbocycles. The number of nitrogens with zero attached hydrogens (tertiary/aromatic N) is 1. The Morgan fingerprint density at radius 3 is 2.84 bits per heavy atom. The van der Waals surface area contributed by atoms with Gasteiger partial charge < -0.3 is 16.0 Å². The zero-order valence-corrected chi connectivity index (χ0v) is 12.7. The van der Waals surface area contributed by atoms with E-state index in [0.717, 1.165) is 32.5 Å². The van der Waals surface area contributed by atoms with Gasteiger partial charge in [-0.05, 0) is 67.0 Å². The molecule has 104 valence electrons. The van der Waals surface area contributed by atoms with Gasteiger partial charge in [-0.3, -0.25) is 4.79 Å². The number of nitrogens with one attached hydrogen (secondary N) is 1. The summed E-state index contributed by atoms with van der Waals surface area (Å²) in [5, 5.41) is 3.01. The van der Waals surface area contributed by atoms with Crippen molar-refractivity contribution >= 4 is 27.5 Å². The van der Waals surface area contributed by atoms with E-state index in [4.69, 9.17) is 5.73 Å². The molecule has 4 nitrogen and oxygen atoms in total. The average molecular weight is 326 g/mol. The number of anilines is 1. The standard InChI is InChI=1S/C14H20BrN3O/c1-18-7-5-10(6-8-18)9-17-14(19)11-3-2-4-12(16)13(11)15/h2-4,10H,5-9,16H2,1H3,(H,17,19). The van der Waals surface area contributed by atoms with E-state index in [1.54, 1.807) is 18.2 Å². The van der Waals surface area contributed by atoms with Crippen molar-refractivity contribution < 1.29 is 4.79 Å². The molecule has 0 atom stereocenters. The Balaban J connectivity index is 1.89. The van der Waals surface area contributed by atoms with E-state index in [2.05, 4.69) is 33.2 Å². The number of carbonyl (C=O) groups excluding carboxylic acids is 1. The maximum Gasteiger partial charge on any atom is 0.252 e. The van der Waals surface area contributed by atoms with Crippen LogP contribution in [0.1, 0.15) is 23.2 Å². The first-order valence-corrected chi connectivity index (χ1v) is 7.38. The molecule has 0 aliphatic carbocycles. The molecule has 0 radical (unpaired) electrons. The molecule has 1 fully saturated rings. The smallest absolute Gasteiger partial charge is 0.252 e. The van der Waals surface area contributed by atoms with Gasteiger partial charge in [-0.25, -0.2) is 0 Å². The van der Waals surface area contributed by atoms with Gasteiger partial charge in [0, 0.05) is 12.2 Å². The fourth-order valence-electron chi connectivity index (χ4n) is 2.32. The third-order valence-electron chi connectivity index (χ3n) is 3.66. The number of hydrogen-bond donors (Lipinski definition) is 2. The quantitative estimate of drug-likeness (QED) is 0.837. The summed E-state index contributed by atoms with van der Waals surface area (Å²) in [7, 11) is 2.14. The number of benzene rings is 1. The lowest BCUT2D eigenvalue weighted by molar-refractivity contribution is 0.0938. The topological polar surface area (TPSA) is 58.4 Å². The molecule has 1 aromatic carbocycles. The summed E-state index contributed by atoms with van der Waals surface area (Å²) in [6.07, 6.45) is 2.30. The number of rotatable bonds is 3. The Kier molecular flexibility index (Phi) is 4.82. The van der Waals surface area contributed by atoms with Crippen LogP contribution in [0.2, 0.25) is 0 Å². The summed E-state index contributed by atoms with van der Waals surface area (Å²) >= 11 is 3.36. The van der Waals surface area contributed by atoms with E-state index < -0.39 is 0 Å². The Bertz CT molecular complexity index is 456. The largest absolute Gasteiger partial charge is 0.398 e. The molecular weight excluding hydrogens is 306 g/mol. The van der Waals surface area contributed by atoms with Gasteiger partial charge in [0.1, 0.15) is 0 Å². The Hall–Kier alpha value is -1.07. The van der Waals surface area contributed by atoms with Gasteiger partial charge >= 0.3 is 0 Å². The number of nitrogen functional groups attached to an aromatic ring is 1. The Labute approximate surface area is 122 Å². The molecular formula is C14H20BrN3O. The molecule has 1 amide bonds. The van der Waals surface area contributed by atoms with Crippen LogP contribution in [0.25, 0.3) is 0 Å². The highest BCUT2D eigenvalue weighted by Crippen LogP contribution is 2.23. The second kappa shape index (κ2) is 6.39. The van der Waals surface area contributed by atoms with Crippen LogP contribution in [-0.2, 0) is 0 Å². The molecule has 0 spiro atoms. The zero-order chi connectivity index (χ0) is 13.8. The minimum absolute atomic E-state index is 0.0573. The third-order valence-corrected chi connectivity index (χ3v) is 4.55. The molecule has 19 heavy (non-hydrogen) atoms. The second-order valence-electron chi connectivity index (χ2n) is 5.17. The minimum atomic E-state index is -0.0573. The van der Waals surface area contributed by atoms with E-state index >= 15 is 0 Å². The third kappa shape index (κ3) is 3.70. The number of carbonyl (C=O) groups is 1. The van der Waals surface area contributed by atoms with Gasteiger partial charge in [0.15, 0.2) is 0 Å². The molecule has 1 aliphatic rings. The van der Waals surface area contributed by atoms with Crippen LogP contribution < -0.4 is 11.1 Å². The number of piperidine rings is 1. The lowest BCUT2D eigenvalue weighted by atomic mass is 9.97.